The molecule has 1 aliphatic rings. The van der Waals surface area contributed by atoms with Gasteiger partial charge in [-0.25, -0.2) is 8.42 Å². The molecule has 2 aromatic carbocycles. The van der Waals surface area contributed by atoms with Crippen molar-refractivity contribution in [1.82, 2.24) is 9.21 Å². The van der Waals surface area contributed by atoms with Crippen LogP contribution in [0.2, 0.25) is 0 Å². The number of rotatable bonds is 11. The molecule has 1 unspecified atom stereocenters. The fraction of sp³-hybridized carbons (Fsp3) is 0.480. The zero-order chi connectivity index (χ0) is 24.7. The minimum Gasteiger partial charge on any atom is -0.497 e. The Bertz CT molecular complexity index is 1080. The number of hydrogen-bond donors (Lipinski definition) is 0. The van der Waals surface area contributed by atoms with Crippen molar-refractivity contribution >= 4 is 15.9 Å². The van der Waals surface area contributed by atoms with Crippen LogP contribution in [0.25, 0.3) is 0 Å². The average molecular weight is 491 g/mol. The van der Waals surface area contributed by atoms with Crippen molar-refractivity contribution in [3.05, 3.63) is 53.6 Å². The van der Waals surface area contributed by atoms with Crippen LogP contribution in [0.1, 0.15) is 42.6 Å². The van der Waals surface area contributed by atoms with E-state index in [1.54, 1.807) is 38.0 Å². The molecule has 186 valence electrons. The molecule has 0 N–H and O–H groups in total. The van der Waals surface area contributed by atoms with Crippen LogP contribution in [0.4, 0.5) is 0 Å². The van der Waals surface area contributed by atoms with Gasteiger partial charge in [0.1, 0.15) is 16.4 Å². The van der Waals surface area contributed by atoms with Gasteiger partial charge in [0.2, 0.25) is 10.0 Å². The highest BCUT2D eigenvalue weighted by Crippen LogP contribution is 2.29. The van der Waals surface area contributed by atoms with E-state index in [2.05, 4.69) is 0 Å². The van der Waals surface area contributed by atoms with Crippen LogP contribution in [0.3, 0.4) is 0 Å². The van der Waals surface area contributed by atoms with Crippen molar-refractivity contribution in [2.45, 2.75) is 44.2 Å². The molecule has 0 radical (unpaired) electrons. The summed E-state index contributed by atoms with van der Waals surface area (Å²) in [5, 5.41) is 0. The largest absolute Gasteiger partial charge is 0.497 e. The molecule has 9 heteroatoms. The molecular formula is C25H34N2O6S. The van der Waals surface area contributed by atoms with Gasteiger partial charge in [-0.1, -0.05) is 26.0 Å². The second kappa shape index (κ2) is 11.7. The van der Waals surface area contributed by atoms with Gasteiger partial charge in [0.05, 0.1) is 20.3 Å². The van der Waals surface area contributed by atoms with E-state index in [1.807, 2.05) is 24.3 Å². The number of nitrogens with zero attached hydrogens (tertiary/aromatic N) is 2. The number of hydrogen-bond acceptors (Lipinski definition) is 6. The zero-order valence-electron chi connectivity index (χ0n) is 20.3. The van der Waals surface area contributed by atoms with E-state index in [0.29, 0.717) is 38.5 Å². The molecular weight excluding hydrogens is 456 g/mol. The SMILES string of the molecule is CCN(CC)S(=O)(=O)c1cc(C(=O)N(Cc2cccc(OC)c2)CC2CCCO2)ccc1OC. The second-order valence-corrected chi connectivity index (χ2v) is 10.0. The first-order valence-electron chi connectivity index (χ1n) is 11.6. The first kappa shape index (κ1) is 26.0. The zero-order valence-corrected chi connectivity index (χ0v) is 21.1. The molecule has 3 rings (SSSR count). The van der Waals surface area contributed by atoms with Crippen molar-refractivity contribution in [3.63, 3.8) is 0 Å². The van der Waals surface area contributed by atoms with Gasteiger partial charge in [-0.3, -0.25) is 4.79 Å². The van der Waals surface area contributed by atoms with Crippen LogP contribution >= 0.6 is 0 Å². The molecule has 0 spiro atoms. The van der Waals surface area contributed by atoms with E-state index in [-0.39, 0.29) is 28.2 Å². The average Bonchev–Trinajstić information content (AvgIpc) is 3.36. The molecule has 0 saturated carbocycles. The third-order valence-electron chi connectivity index (χ3n) is 5.98. The normalized spacial score (nSPS) is 16.0. The number of amides is 1. The highest BCUT2D eigenvalue weighted by molar-refractivity contribution is 7.89. The lowest BCUT2D eigenvalue weighted by Gasteiger charge is -2.26. The van der Waals surface area contributed by atoms with Crippen molar-refractivity contribution in [2.75, 3.05) is 40.5 Å². The molecule has 34 heavy (non-hydrogen) atoms. The summed E-state index contributed by atoms with van der Waals surface area (Å²) in [5.41, 5.74) is 1.20. The molecule has 1 aliphatic heterocycles. The Morgan fingerprint density at radius 2 is 1.85 bits per heavy atom. The summed E-state index contributed by atoms with van der Waals surface area (Å²) in [7, 11) is -0.798. The van der Waals surface area contributed by atoms with Gasteiger partial charge in [0, 0.05) is 38.3 Å². The molecule has 2 aromatic rings. The topological polar surface area (TPSA) is 85.4 Å². The van der Waals surface area contributed by atoms with Crippen molar-refractivity contribution in [1.29, 1.82) is 0 Å². The number of carbonyl (C=O) groups is 1. The predicted molar refractivity (Wildman–Crippen MR) is 130 cm³/mol. The van der Waals surface area contributed by atoms with Crippen molar-refractivity contribution in [2.24, 2.45) is 0 Å². The monoisotopic (exact) mass is 490 g/mol. The van der Waals surface area contributed by atoms with Gasteiger partial charge in [-0.2, -0.15) is 4.31 Å². The van der Waals surface area contributed by atoms with Crippen molar-refractivity contribution in [3.8, 4) is 11.5 Å². The van der Waals surface area contributed by atoms with Crippen LogP contribution < -0.4 is 9.47 Å². The quantitative estimate of drug-likeness (QED) is 0.479. The van der Waals surface area contributed by atoms with Gasteiger partial charge >= 0.3 is 0 Å². The molecule has 1 atom stereocenters. The summed E-state index contributed by atoms with van der Waals surface area (Å²) >= 11 is 0. The summed E-state index contributed by atoms with van der Waals surface area (Å²) in [4.78, 5) is 15.4. The molecule has 1 amide bonds. The number of carbonyl (C=O) groups excluding carboxylic acids is 1. The highest BCUT2D eigenvalue weighted by atomic mass is 32.2. The second-order valence-electron chi connectivity index (χ2n) is 8.13. The summed E-state index contributed by atoms with van der Waals surface area (Å²) < 4.78 is 44.3. The van der Waals surface area contributed by atoms with Gasteiger partial charge < -0.3 is 19.1 Å². The molecule has 0 aliphatic carbocycles. The first-order chi connectivity index (χ1) is 16.3. The highest BCUT2D eigenvalue weighted by Gasteiger charge is 2.29. The number of methoxy groups -OCH3 is 2. The maximum absolute atomic E-state index is 13.7. The molecule has 1 fully saturated rings. The molecule has 0 aromatic heterocycles. The number of benzene rings is 2. The Morgan fingerprint density at radius 1 is 1.09 bits per heavy atom. The van der Waals surface area contributed by atoms with Crippen LogP contribution in [0.5, 0.6) is 11.5 Å². The summed E-state index contributed by atoms with van der Waals surface area (Å²) in [6, 6.07) is 12.1. The summed E-state index contributed by atoms with van der Waals surface area (Å²) in [5.74, 6) is 0.651. The van der Waals surface area contributed by atoms with E-state index in [1.165, 1.54) is 17.5 Å². The van der Waals surface area contributed by atoms with E-state index in [9.17, 15) is 13.2 Å². The standard InChI is InChI=1S/C25H34N2O6S/c1-5-27(6-2)34(29,30)24-16-20(12-13-23(24)32-4)25(28)26(18-22-11-8-14-33-22)17-19-9-7-10-21(15-19)31-3/h7,9-10,12-13,15-16,22H,5-6,8,11,14,17-18H2,1-4H3. The van der Waals surface area contributed by atoms with E-state index < -0.39 is 10.0 Å². The Kier molecular flexibility index (Phi) is 8.93. The number of sulfonamides is 1. The third-order valence-corrected chi connectivity index (χ3v) is 8.05. The van der Waals surface area contributed by atoms with Crippen molar-refractivity contribution < 1.29 is 27.4 Å². The smallest absolute Gasteiger partial charge is 0.254 e. The van der Waals surface area contributed by atoms with Crippen LogP contribution in [0, 0.1) is 0 Å². The lowest BCUT2D eigenvalue weighted by atomic mass is 10.1. The summed E-state index contributed by atoms with van der Waals surface area (Å²) in [6.07, 6.45) is 1.79. The fourth-order valence-corrected chi connectivity index (χ4v) is 5.78. The van der Waals surface area contributed by atoms with Crippen LogP contribution in [-0.4, -0.2) is 70.1 Å². The Morgan fingerprint density at radius 3 is 2.47 bits per heavy atom. The van der Waals surface area contributed by atoms with E-state index in [4.69, 9.17) is 14.2 Å². The molecule has 8 nitrogen and oxygen atoms in total. The summed E-state index contributed by atoms with van der Waals surface area (Å²) in [6.45, 7) is 5.64. The number of ether oxygens (including phenoxy) is 3. The van der Waals surface area contributed by atoms with Crippen LogP contribution in [0.15, 0.2) is 47.4 Å². The molecule has 1 saturated heterocycles. The Hall–Kier alpha value is -2.62. The fourth-order valence-electron chi connectivity index (χ4n) is 4.14. The lowest BCUT2D eigenvalue weighted by Crippen LogP contribution is -2.37. The Labute approximate surface area is 202 Å². The van der Waals surface area contributed by atoms with Gasteiger partial charge in [-0.15, -0.1) is 0 Å². The molecule has 1 heterocycles. The Balaban J connectivity index is 1.97. The van der Waals surface area contributed by atoms with E-state index in [0.717, 1.165) is 18.4 Å². The van der Waals surface area contributed by atoms with E-state index >= 15 is 0 Å². The maximum Gasteiger partial charge on any atom is 0.254 e. The predicted octanol–water partition coefficient (Wildman–Crippen LogP) is 3.56. The molecule has 0 bridgehead atoms. The van der Waals surface area contributed by atoms with Crippen LogP contribution in [-0.2, 0) is 21.3 Å². The van der Waals surface area contributed by atoms with Gasteiger partial charge in [0.25, 0.3) is 5.91 Å². The lowest BCUT2D eigenvalue weighted by molar-refractivity contribution is 0.0507. The van der Waals surface area contributed by atoms with Gasteiger partial charge in [-0.05, 0) is 48.7 Å². The first-order valence-corrected chi connectivity index (χ1v) is 13.0. The third kappa shape index (κ3) is 5.89. The maximum atomic E-state index is 13.7. The minimum atomic E-state index is -3.82. The van der Waals surface area contributed by atoms with Gasteiger partial charge in [0.15, 0.2) is 0 Å². The minimum absolute atomic E-state index is 0.0111.